The molecule has 0 aliphatic rings. The Morgan fingerprint density at radius 1 is 0.607 bits per heavy atom. The highest BCUT2D eigenvalue weighted by molar-refractivity contribution is 7.44. The summed E-state index contributed by atoms with van der Waals surface area (Å²) in [7, 11) is -1.29. The summed E-state index contributed by atoms with van der Waals surface area (Å²) in [4.78, 5) is 0. The van der Waals surface area contributed by atoms with Crippen LogP contribution in [0.2, 0.25) is 0 Å². The molecule has 6 heteroatoms. The van der Waals surface area contributed by atoms with E-state index in [0.717, 1.165) is 39.3 Å². The van der Waals surface area contributed by atoms with Gasteiger partial charge in [-0.2, -0.15) is 10.1 Å². The minimum absolute atomic E-state index is 0.768. The van der Waals surface area contributed by atoms with Crippen LogP contribution in [-0.4, -0.2) is 41.0 Å². The van der Waals surface area contributed by atoms with Gasteiger partial charge in [-0.1, -0.05) is 88.4 Å². The van der Waals surface area contributed by atoms with E-state index in [1.807, 2.05) is 22.3 Å². The van der Waals surface area contributed by atoms with Crippen LogP contribution >= 0.6 is 8.53 Å². The Labute approximate surface area is 171 Å². The molecule has 0 amide bonds. The molecule has 0 spiro atoms. The van der Waals surface area contributed by atoms with E-state index in [0.29, 0.717) is 0 Å². The first-order valence-electron chi connectivity index (χ1n) is 10.2. The molecule has 0 bridgehead atoms. The number of benzene rings is 2. The highest BCUT2D eigenvalue weighted by atomic mass is 31.2. The zero-order chi connectivity index (χ0) is 20.2. The lowest BCUT2D eigenvalue weighted by molar-refractivity contribution is -0.113. The standard InChI is InChI=1S/C22H34N3O2P/c1-5-23(6-2)26-28(27-24(7-3)8-4)25(19-21-15-11-9-12-16-21)20-22-17-13-10-14-18-22/h9-18H,5-8,19-20H2,1-4H3. The summed E-state index contributed by atoms with van der Waals surface area (Å²) < 4.78 is 15.0. The van der Waals surface area contributed by atoms with E-state index in [-0.39, 0.29) is 0 Å². The maximum absolute atomic E-state index is 6.35. The van der Waals surface area contributed by atoms with Crippen LogP contribution < -0.4 is 0 Å². The average Bonchev–Trinajstić information content (AvgIpc) is 2.75. The van der Waals surface area contributed by atoms with Crippen LogP contribution in [0.25, 0.3) is 0 Å². The molecule has 2 rings (SSSR count). The van der Waals surface area contributed by atoms with Crippen LogP contribution in [0.4, 0.5) is 0 Å². The minimum atomic E-state index is -1.29. The van der Waals surface area contributed by atoms with Gasteiger partial charge < -0.3 is 0 Å². The summed E-state index contributed by atoms with van der Waals surface area (Å²) >= 11 is 0. The molecule has 0 heterocycles. The fourth-order valence-electron chi connectivity index (χ4n) is 2.75. The van der Waals surface area contributed by atoms with Crippen LogP contribution in [0.3, 0.4) is 0 Å². The van der Waals surface area contributed by atoms with Crippen LogP contribution in [-0.2, 0) is 22.3 Å². The van der Waals surface area contributed by atoms with Gasteiger partial charge >= 0.3 is 0 Å². The molecular weight excluding hydrogens is 369 g/mol. The summed E-state index contributed by atoms with van der Waals surface area (Å²) in [5, 5.41) is 3.94. The van der Waals surface area contributed by atoms with Gasteiger partial charge in [0.1, 0.15) is 0 Å². The van der Waals surface area contributed by atoms with E-state index in [9.17, 15) is 0 Å². The summed E-state index contributed by atoms with van der Waals surface area (Å²) in [5.41, 5.74) is 2.49. The fourth-order valence-corrected chi connectivity index (χ4v) is 4.40. The summed E-state index contributed by atoms with van der Waals surface area (Å²) in [6, 6.07) is 21.0. The van der Waals surface area contributed by atoms with Crippen LogP contribution in [0.15, 0.2) is 60.7 Å². The SMILES string of the molecule is CCN(CC)OP(ON(CC)CC)N(Cc1ccccc1)Cc1ccccc1. The Balaban J connectivity index is 2.27. The summed E-state index contributed by atoms with van der Waals surface area (Å²) in [5.74, 6) is 0. The number of hydrogen-bond donors (Lipinski definition) is 0. The Bertz CT molecular complexity index is 581. The molecule has 2 aromatic rings. The number of rotatable bonds is 13. The maximum atomic E-state index is 6.35. The van der Waals surface area contributed by atoms with E-state index in [2.05, 4.69) is 80.9 Å². The number of hydrogen-bond acceptors (Lipinski definition) is 5. The highest BCUT2D eigenvalue weighted by Gasteiger charge is 2.27. The fraction of sp³-hybridized carbons (Fsp3) is 0.455. The van der Waals surface area contributed by atoms with Crippen molar-refractivity contribution in [2.75, 3.05) is 26.2 Å². The second kappa shape index (κ2) is 13.0. The Morgan fingerprint density at radius 2 is 0.964 bits per heavy atom. The monoisotopic (exact) mass is 403 g/mol. The van der Waals surface area contributed by atoms with Crippen LogP contribution in [0.5, 0.6) is 0 Å². The molecule has 0 saturated heterocycles. The molecule has 28 heavy (non-hydrogen) atoms. The van der Waals surface area contributed by atoms with Crippen molar-refractivity contribution < 1.29 is 9.25 Å². The average molecular weight is 404 g/mol. The molecule has 154 valence electrons. The van der Waals surface area contributed by atoms with Crippen LogP contribution in [0, 0.1) is 0 Å². The lowest BCUT2D eigenvalue weighted by Crippen LogP contribution is -2.31. The highest BCUT2D eigenvalue weighted by Crippen LogP contribution is 2.46. The lowest BCUT2D eigenvalue weighted by atomic mass is 10.2. The molecule has 0 atom stereocenters. The first kappa shape index (κ1) is 23.0. The van der Waals surface area contributed by atoms with Crippen molar-refractivity contribution in [2.24, 2.45) is 0 Å². The Morgan fingerprint density at radius 3 is 1.29 bits per heavy atom. The maximum Gasteiger partial charge on any atom is 0.295 e. The van der Waals surface area contributed by atoms with Gasteiger partial charge in [0.2, 0.25) is 0 Å². The van der Waals surface area contributed by atoms with E-state index in [4.69, 9.17) is 9.25 Å². The van der Waals surface area contributed by atoms with Gasteiger partial charge in [-0.3, -0.25) is 0 Å². The van der Waals surface area contributed by atoms with Crippen molar-refractivity contribution in [3.05, 3.63) is 71.8 Å². The lowest BCUT2D eigenvalue weighted by Gasteiger charge is -2.35. The third kappa shape index (κ3) is 7.59. The smallest absolute Gasteiger partial charge is 0.230 e. The Hall–Kier alpha value is -1.33. The molecule has 2 aromatic carbocycles. The van der Waals surface area contributed by atoms with Crippen molar-refractivity contribution in [1.29, 1.82) is 0 Å². The predicted molar refractivity (Wildman–Crippen MR) is 117 cm³/mol. The minimum Gasteiger partial charge on any atom is -0.230 e. The van der Waals surface area contributed by atoms with E-state index >= 15 is 0 Å². The first-order valence-corrected chi connectivity index (χ1v) is 11.3. The van der Waals surface area contributed by atoms with Gasteiger partial charge in [-0.15, -0.1) is 0 Å². The largest absolute Gasteiger partial charge is 0.295 e. The van der Waals surface area contributed by atoms with Crippen molar-refractivity contribution >= 4 is 8.53 Å². The van der Waals surface area contributed by atoms with E-state index in [1.54, 1.807) is 0 Å². The molecule has 0 N–H and O–H groups in total. The molecule has 0 aliphatic heterocycles. The van der Waals surface area contributed by atoms with Crippen molar-refractivity contribution in [3.8, 4) is 0 Å². The molecule has 0 fully saturated rings. The summed E-state index contributed by atoms with van der Waals surface area (Å²) in [6.07, 6.45) is 0. The molecule has 0 saturated carbocycles. The third-order valence-corrected chi connectivity index (χ3v) is 5.91. The quantitative estimate of drug-likeness (QED) is 0.327. The van der Waals surface area contributed by atoms with E-state index < -0.39 is 8.53 Å². The molecule has 0 radical (unpaired) electrons. The van der Waals surface area contributed by atoms with Gasteiger partial charge in [0, 0.05) is 39.3 Å². The molecule has 0 unspecified atom stereocenters. The zero-order valence-corrected chi connectivity index (χ0v) is 18.5. The van der Waals surface area contributed by atoms with Gasteiger partial charge in [-0.05, 0) is 11.1 Å². The first-order chi connectivity index (χ1) is 13.7. The molecule has 5 nitrogen and oxygen atoms in total. The molecule has 0 aromatic heterocycles. The van der Waals surface area contributed by atoms with Crippen molar-refractivity contribution in [2.45, 2.75) is 40.8 Å². The number of hydroxylamine groups is 4. The van der Waals surface area contributed by atoms with Gasteiger partial charge in [0.25, 0.3) is 8.53 Å². The predicted octanol–water partition coefficient (Wildman–Crippen LogP) is 5.46. The second-order valence-corrected chi connectivity index (χ2v) is 7.79. The van der Waals surface area contributed by atoms with Gasteiger partial charge in [0.05, 0.1) is 0 Å². The topological polar surface area (TPSA) is 28.2 Å². The normalized spacial score (nSPS) is 11.9. The van der Waals surface area contributed by atoms with Crippen molar-refractivity contribution in [1.82, 2.24) is 14.8 Å². The second-order valence-electron chi connectivity index (χ2n) is 6.42. The van der Waals surface area contributed by atoms with Gasteiger partial charge in [-0.25, -0.2) is 13.9 Å². The third-order valence-electron chi connectivity index (χ3n) is 4.43. The molecule has 0 aliphatic carbocycles. The number of nitrogens with zero attached hydrogens (tertiary/aromatic N) is 3. The van der Waals surface area contributed by atoms with E-state index in [1.165, 1.54) is 11.1 Å². The zero-order valence-electron chi connectivity index (χ0n) is 17.6. The van der Waals surface area contributed by atoms with Crippen molar-refractivity contribution in [3.63, 3.8) is 0 Å². The van der Waals surface area contributed by atoms with Gasteiger partial charge in [0.15, 0.2) is 0 Å². The summed E-state index contributed by atoms with van der Waals surface area (Å²) in [6.45, 7) is 13.2. The Kier molecular flexibility index (Phi) is 10.7. The molecular formula is C22H34N3O2P. The van der Waals surface area contributed by atoms with Crippen LogP contribution in [0.1, 0.15) is 38.8 Å².